The minimum Gasteiger partial charge on any atom is -0.352 e. The van der Waals surface area contributed by atoms with Crippen LogP contribution in [0.2, 0.25) is 5.02 Å². The standard InChI is InChI=1S/C20H19ClN2O2/c1-12-7-15-10-16(20(25)23-18(15)8-13(12)2)11-22-19(24)9-14-3-5-17(21)6-4-14/h3-8,10H,9,11H2,1-2H3,(H,22,24)(H,23,25). The van der Waals surface area contributed by atoms with E-state index in [9.17, 15) is 9.59 Å². The van der Waals surface area contributed by atoms with Crippen LogP contribution >= 0.6 is 11.6 Å². The van der Waals surface area contributed by atoms with Gasteiger partial charge in [-0.3, -0.25) is 9.59 Å². The van der Waals surface area contributed by atoms with Gasteiger partial charge in [0.15, 0.2) is 0 Å². The van der Waals surface area contributed by atoms with Crippen LogP contribution in [-0.4, -0.2) is 10.9 Å². The van der Waals surface area contributed by atoms with Gasteiger partial charge in [0.05, 0.1) is 6.42 Å². The van der Waals surface area contributed by atoms with Gasteiger partial charge in [-0.25, -0.2) is 0 Å². The van der Waals surface area contributed by atoms with E-state index in [1.165, 1.54) is 0 Å². The first-order chi connectivity index (χ1) is 11.9. The Labute approximate surface area is 150 Å². The lowest BCUT2D eigenvalue weighted by Crippen LogP contribution is -2.28. The Hall–Kier alpha value is -2.59. The molecule has 2 aromatic carbocycles. The van der Waals surface area contributed by atoms with Crippen molar-refractivity contribution in [3.05, 3.63) is 80.1 Å². The Bertz CT molecular complexity index is 991. The zero-order chi connectivity index (χ0) is 18.0. The maximum absolute atomic E-state index is 12.2. The Kier molecular flexibility index (Phi) is 4.91. The number of carbonyl (C=O) groups is 1. The highest BCUT2D eigenvalue weighted by molar-refractivity contribution is 6.30. The van der Waals surface area contributed by atoms with Gasteiger partial charge in [0.2, 0.25) is 5.91 Å². The summed E-state index contributed by atoms with van der Waals surface area (Å²) in [4.78, 5) is 27.2. The largest absolute Gasteiger partial charge is 0.352 e. The van der Waals surface area contributed by atoms with E-state index in [1.54, 1.807) is 12.1 Å². The van der Waals surface area contributed by atoms with E-state index >= 15 is 0 Å². The number of aromatic nitrogens is 1. The number of aryl methyl sites for hydroxylation is 2. The molecule has 25 heavy (non-hydrogen) atoms. The summed E-state index contributed by atoms with van der Waals surface area (Å²) in [6.45, 7) is 4.25. The van der Waals surface area contributed by atoms with Gasteiger partial charge in [-0.05, 0) is 66.3 Å². The molecule has 0 spiro atoms. The van der Waals surface area contributed by atoms with Crippen molar-refractivity contribution in [3.8, 4) is 0 Å². The van der Waals surface area contributed by atoms with Crippen LogP contribution in [-0.2, 0) is 17.8 Å². The highest BCUT2D eigenvalue weighted by Gasteiger charge is 2.08. The van der Waals surface area contributed by atoms with Crippen LogP contribution in [0.1, 0.15) is 22.3 Å². The Morgan fingerprint density at radius 1 is 1.08 bits per heavy atom. The van der Waals surface area contributed by atoms with E-state index in [0.29, 0.717) is 10.6 Å². The van der Waals surface area contributed by atoms with Crippen molar-refractivity contribution in [2.24, 2.45) is 0 Å². The molecule has 0 saturated carbocycles. The zero-order valence-electron chi connectivity index (χ0n) is 14.2. The first-order valence-corrected chi connectivity index (χ1v) is 8.44. The number of benzene rings is 2. The summed E-state index contributed by atoms with van der Waals surface area (Å²) in [7, 11) is 0. The molecule has 0 aliphatic rings. The van der Waals surface area contributed by atoms with Gasteiger partial charge in [0, 0.05) is 22.6 Å². The summed E-state index contributed by atoms with van der Waals surface area (Å²) in [6.07, 6.45) is 0.251. The summed E-state index contributed by atoms with van der Waals surface area (Å²) in [5.41, 5.74) is 4.34. The SMILES string of the molecule is Cc1cc2cc(CNC(=O)Cc3ccc(Cl)cc3)c(=O)[nH]c2cc1C. The van der Waals surface area contributed by atoms with E-state index in [1.807, 2.05) is 44.2 Å². The van der Waals surface area contributed by atoms with Crippen molar-refractivity contribution in [2.45, 2.75) is 26.8 Å². The first-order valence-electron chi connectivity index (χ1n) is 8.06. The van der Waals surface area contributed by atoms with Gasteiger partial charge < -0.3 is 10.3 Å². The summed E-state index contributed by atoms with van der Waals surface area (Å²) < 4.78 is 0. The number of halogens is 1. The molecular formula is C20H19ClN2O2. The number of aromatic amines is 1. The number of pyridine rings is 1. The highest BCUT2D eigenvalue weighted by Crippen LogP contribution is 2.17. The van der Waals surface area contributed by atoms with Crippen molar-refractivity contribution >= 4 is 28.4 Å². The molecule has 5 heteroatoms. The van der Waals surface area contributed by atoms with Crippen LogP contribution in [0.4, 0.5) is 0 Å². The average molecular weight is 355 g/mol. The Morgan fingerprint density at radius 3 is 2.48 bits per heavy atom. The lowest BCUT2D eigenvalue weighted by atomic mass is 10.0. The van der Waals surface area contributed by atoms with Crippen molar-refractivity contribution in [3.63, 3.8) is 0 Å². The van der Waals surface area contributed by atoms with E-state index in [0.717, 1.165) is 27.6 Å². The highest BCUT2D eigenvalue weighted by atomic mass is 35.5. The van der Waals surface area contributed by atoms with Gasteiger partial charge in [-0.15, -0.1) is 0 Å². The third kappa shape index (κ3) is 4.09. The summed E-state index contributed by atoms with van der Waals surface area (Å²) >= 11 is 5.84. The van der Waals surface area contributed by atoms with Crippen molar-refractivity contribution < 1.29 is 4.79 Å². The number of amides is 1. The molecule has 4 nitrogen and oxygen atoms in total. The number of fused-ring (bicyclic) bond motifs is 1. The molecule has 0 fully saturated rings. The van der Waals surface area contributed by atoms with Gasteiger partial charge in [-0.1, -0.05) is 23.7 Å². The molecule has 0 radical (unpaired) electrons. The average Bonchev–Trinajstić information content (AvgIpc) is 2.57. The number of H-pyrrole nitrogens is 1. The fourth-order valence-electron chi connectivity index (χ4n) is 2.70. The predicted octanol–water partition coefficient (Wildman–Crippen LogP) is 3.66. The maximum atomic E-state index is 12.2. The Morgan fingerprint density at radius 2 is 1.76 bits per heavy atom. The molecule has 1 heterocycles. The predicted molar refractivity (Wildman–Crippen MR) is 101 cm³/mol. The van der Waals surface area contributed by atoms with Crippen LogP contribution in [0.15, 0.2) is 47.3 Å². The second-order valence-corrected chi connectivity index (χ2v) is 6.66. The summed E-state index contributed by atoms with van der Waals surface area (Å²) in [6, 6.07) is 13.0. The van der Waals surface area contributed by atoms with E-state index in [2.05, 4.69) is 10.3 Å². The third-order valence-electron chi connectivity index (χ3n) is 4.29. The van der Waals surface area contributed by atoms with Crippen LogP contribution in [0.3, 0.4) is 0 Å². The molecule has 1 amide bonds. The van der Waals surface area contributed by atoms with Gasteiger partial charge in [0.25, 0.3) is 5.56 Å². The van der Waals surface area contributed by atoms with Crippen molar-refractivity contribution in [1.29, 1.82) is 0 Å². The molecule has 1 aromatic heterocycles. The monoisotopic (exact) mass is 354 g/mol. The first kappa shape index (κ1) is 17.2. The van der Waals surface area contributed by atoms with E-state index in [-0.39, 0.29) is 24.4 Å². The molecule has 0 aliphatic carbocycles. The molecule has 0 unspecified atom stereocenters. The van der Waals surface area contributed by atoms with Crippen LogP contribution < -0.4 is 10.9 Å². The quantitative estimate of drug-likeness (QED) is 0.751. The molecule has 3 rings (SSSR count). The molecule has 0 saturated heterocycles. The molecule has 0 atom stereocenters. The molecule has 0 aliphatic heterocycles. The third-order valence-corrected chi connectivity index (χ3v) is 4.54. The lowest BCUT2D eigenvalue weighted by molar-refractivity contribution is -0.120. The number of carbonyl (C=O) groups excluding carboxylic acids is 1. The van der Waals surface area contributed by atoms with Crippen LogP contribution in [0.5, 0.6) is 0 Å². The molecule has 128 valence electrons. The normalized spacial score (nSPS) is 10.8. The number of nitrogens with one attached hydrogen (secondary N) is 2. The van der Waals surface area contributed by atoms with Crippen LogP contribution in [0.25, 0.3) is 10.9 Å². The van der Waals surface area contributed by atoms with Gasteiger partial charge in [0.1, 0.15) is 0 Å². The lowest BCUT2D eigenvalue weighted by Gasteiger charge is -2.08. The van der Waals surface area contributed by atoms with Crippen LogP contribution in [0, 0.1) is 13.8 Å². The topological polar surface area (TPSA) is 62.0 Å². The molecular weight excluding hydrogens is 336 g/mol. The molecule has 2 N–H and O–H groups in total. The van der Waals surface area contributed by atoms with Crippen molar-refractivity contribution in [2.75, 3.05) is 0 Å². The smallest absolute Gasteiger partial charge is 0.253 e. The van der Waals surface area contributed by atoms with E-state index < -0.39 is 0 Å². The van der Waals surface area contributed by atoms with E-state index in [4.69, 9.17) is 11.6 Å². The summed E-state index contributed by atoms with van der Waals surface area (Å²) in [5, 5.41) is 4.40. The fourth-order valence-corrected chi connectivity index (χ4v) is 2.82. The minimum atomic E-state index is -0.178. The number of hydrogen-bond acceptors (Lipinski definition) is 2. The minimum absolute atomic E-state index is 0.137. The fraction of sp³-hybridized carbons (Fsp3) is 0.200. The zero-order valence-corrected chi connectivity index (χ0v) is 14.9. The summed E-state index contributed by atoms with van der Waals surface area (Å²) in [5.74, 6) is -0.137. The van der Waals surface area contributed by atoms with Crippen molar-refractivity contribution in [1.82, 2.24) is 10.3 Å². The van der Waals surface area contributed by atoms with Gasteiger partial charge in [-0.2, -0.15) is 0 Å². The Balaban J connectivity index is 1.73. The molecule has 3 aromatic rings. The number of hydrogen-bond donors (Lipinski definition) is 2. The maximum Gasteiger partial charge on any atom is 0.253 e. The number of rotatable bonds is 4. The second kappa shape index (κ2) is 7.11. The van der Waals surface area contributed by atoms with Gasteiger partial charge >= 0.3 is 0 Å². The molecule has 0 bridgehead atoms. The second-order valence-electron chi connectivity index (χ2n) is 6.23.